The van der Waals surface area contributed by atoms with E-state index in [2.05, 4.69) is 0 Å². The second kappa shape index (κ2) is 4.88. The number of nitrogens with zero attached hydrogens (tertiary/aromatic N) is 1. The van der Waals surface area contributed by atoms with Gasteiger partial charge in [-0.3, -0.25) is 0 Å². The third-order valence-electron chi connectivity index (χ3n) is 3.22. The summed E-state index contributed by atoms with van der Waals surface area (Å²) in [4.78, 5) is 1.67. The van der Waals surface area contributed by atoms with Crippen LogP contribution in [0.5, 0.6) is 0 Å². The van der Waals surface area contributed by atoms with E-state index in [0.29, 0.717) is 29.4 Å². The zero-order valence-electron chi connectivity index (χ0n) is 9.67. The van der Waals surface area contributed by atoms with Crippen LogP contribution in [-0.2, 0) is 0 Å². The smallest absolute Gasteiger partial charge is 0.393 e. The van der Waals surface area contributed by atoms with Gasteiger partial charge in [-0.2, -0.15) is 13.2 Å². The highest BCUT2D eigenvalue weighted by Gasteiger charge is 2.42. The largest absolute Gasteiger partial charge is 0.397 e. The summed E-state index contributed by atoms with van der Waals surface area (Å²) >= 11 is 5.86. The number of hydrogen-bond donors (Lipinski definition) is 1. The summed E-state index contributed by atoms with van der Waals surface area (Å²) in [5, 5.41) is 0.480. The maximum Gasteiger partial charge on any atom is 0.393 e. The van der Waals surface area contributed by atoms with Crippen molar-refractivity contribution < 1.29 is 13.2 Å². The molecule has 1 aliphatic heterocycles. The summed E-state index contributed by atoms with van der Waals surface area (Å²) in [6.07, 6.45) is -3.46. The molecule has 0 aromatic heterocycles. The number of anilines is 2. The highest BCUT2D eigenvalue weighted by Crippen LogP contribution is 2.36. The van der Waals surface area contributed by atoms with Crippen molar-refractivity contribution in [2.24, 2.45) is 5.92 Å². The first-order chi connectivity index (χ1) is 8.38. The van der Waals surface area contributed by atoms with Gasteiger partial charge >= 0.3 is 6.18 Å². The third-order valence-corrected chi connectivity index (χ3v) is 3.45. The van der Waals surface area contributed by atoms with E-state index in [1.165, 1.54) is 0 Å². The number of nitrogens with two attached hydrogens (primary N) is 1. The number of rotatable bonds is 1. The highest BCUT2D eigenvalue weighted by molar-refractivity contribution is 6.31. The van der Waals surface area contributed by atoms with Gasteiger partial charge in [0, 0.05) is 18.1 Å². The van der Waals surface area contributed by atoms with Crippen LogP contribution in [-0.4, -0.2) is 19.3 Å². The monoisotopic (exact) mass is 278 g/mol. The molecule has 0 spiro atoms. The first-order valence-corrected chi connectivity index (χ1v) is 6.12. The third kappa shape index (κ3) is 2.83. The molecule has 2 nitrogen and oxygen atoms in total. The van der Waals surface area contributed by atoms with Crippen molar-refractivity contribution in [1.82, 2.24) is 0 Å². The van der Waals surface area contributed by atoms with Crippen LogP contribution in [0.3, 0.4) is 0 Å². The Morgan fingerprint density at radius 3 is 2.72 bits per heavy atom. The quantitative estimate of drug-likeness (QED) is 0.794. The van der Waals surface area contributed by atoms with Gasteiger partial charge in [0.25, 0.3) is 0 Å². The van der Waals surface area contributed by atoms with Crippen LogP contribution < -0.4 is 10.6 Å². The molecule has 1 unspecified atom stereocenters. The van der Waals surface area contributed by atoms with Crippen LogP contribution in [0.1, 0.15) is 12.8 Å². The van der Waals surface area contributed by atoms with E-state index in [1.54, 1.807) is 23.1 Å². The van der Waals surface area contributed by atoms with Crippen molar-refractivity contribution in [2.75, 3.05) is 23.7 Å². The van der Waals surface area contributed by atoms with E-state index in [4.69, 9.17) is 17.3 Å². The van der Waals surface area contributed by atoms with Crippen LogP contribution in [0.2, 0.25) is 5.02 Å². The Labute approximate surface area is 109 Å². The minimum atomic E-state index is -4.15. The van der Waals surface area contributed by atoms with Gasteiger partial charge in [-0.05, 0) is 31.0 Å². The summed E-state index contributed by atoms with van der Waals surface area (Å²) < 4.78 is 38.2. The van der Waals surface area contributed by atoms with E-state index >= 15 is 0 Å². The highest BCUT2D eigenvalue weighted by atomic mass is 35.5. The van der Waals surface area contributed by atoms with Crippen molar-refractivity contribution in [1.29, 1.82) is 0 Å². The molecule has 0 bridgehead atoms. The fourth-order valence-electron chi connectivity index (χ4n) is 2.25. The first kappa shape index (κ1) is 13.3. The summed E-state index contributed by atoms with van der Waals surface area (Å²) in [6, 6.07) is 4.87. The molecule has 0 radical (unpaired) electrons. The van der Waals surface area contributed by atoms with Crippen molar-refractivity contribution in [3.63, 3.8) is 0 Å². The molecular formula is C12H14ClF3N2. The summed E-state index contributed by atoms with van der Waals surface area (Å²) in [6.45, 7) is 0.533. The number of nitrogen functional groups attached to an aromatic ring is 1. The van der Waals surface area contributed by atoms with E-state index in [1.807, 2.05) is 0 Å². The van der Waals surface area contributed by atoms with Crippen LogP contribution in [0.25, 0.3) is 0 Å². The zero-order valence-corrected chi connectivity index (χ0v) is 10.4. The average Bonchev–Trinajstić information content (AvgIpc) is 2.31. The Bertz CT molecular complexity index is 434. The Balaban J connectivity index is 2.21. The molecular weight excluding hydrogens is 265 g/mol. The fourth-order valence-corrected chi connectivity index (χ4v) is 2.42. The molecule has 100 valence electrons. The molecule has 6 heteroatoms. The molecule has 1 aliphatic rings. The molecule has 2 N–H and O–H groups in total. The Morgan fingerprint density at radius 2 is 2.06 bits per heavy atom. The molecule has 1 heterocycles. The van der Waals surface area contributed by atoms with Crippen molar-refractivity contribution in [2.45, 2.75) is 19.0 Å². The Kier molecular flexibility index (Phi) is 3.61. The topological polar surface area (TPSA) is 29.3 Å². The summed E-state index contributed by atoms with van der Waals surface area (Å²) in [5.41, 5.74) is 6.85. The van der Waals surface area contributed by atoms with E-state index in [9.17, 15) is 13.2 Å². The van der Waals surface area contributed by atoms with E-state index in [-0.39, 0.29) is 13.0 Å². The fraction of sp³-hybridized carbons (Fsp3) is 0.500. The van der Waals surface area contributed by atoms with Gasteiger partial charge in [0.1, 0.15) is 0 Å². The van der Waals surface area contributed by atoms with Gasteiger partial charge in [0.05, 0.1) is 17.3 Å². The van der Waals surface area contributed by atoms with Crippen LogP contribution in [0, 0.1) is 5.92 Å². The van der Waals surface area contributed by atoms with Gasteiger partial charge in [0.2, 0.25) is 0 Å². The average molecular weight is 279 g/mol. The molecule has 1 aromatic carbocycles. The van der Waals surface area contributed by atoms with E-state index < -0.39 is 12.1 Å². The Hall–Kier alpha value is -1.10. The number of piperidine rings is 1. The predicted molar refractivity (Wildman–Crippen MR) is 66.9 cm³/mol. The zero-order chi connectivity index (χ0) is 13.3. The first-order valence-electron chi connectivity index (χ1n) is 5.74. The minimum absolute atomic E-state index is 0.0476. The maximum atomic E-state index is 12.7. The van der Waals surface area contributed by atoms with Gasteiger partial charge in [0.15, 0.2) is 0 Å². The van der Waals surface area contributed by atoms with Gasteiger partial charge in [-0.25, -0.2) is 0 Å². The molecule has 1 saturated heterocycles. The maximum absolute atomic E-state index is 12.7. The lowest BCUT2D eigenvalue weighted by molar-refractivity contribution is -0.175. The van der Waals surface area contributed by atoms with Gasteiger partial charge < -0.3 is 10.6 Å². The van der Waals surface area contributed by atoms with Crippen molar-refractivity contribution in [3.8, 4) is 0 Å². The SMILES string of the molecule is Nc1ccc(Cl)cc1N1CCCC(C(F)(F)F)C1. The predicted octanol–water partition coefficient (Wildman–Crippen LogP) is 3.70. The molecule has 0 aliphatic carbocycles. The second-order valence-corrected chi connectivity index (χ2v) is 4.97. The molecule has 0 amide bonds. The lowest BCUT2D eigenvalue weighted by Gasteiger charge is -2.35. The van der Waals surface area contributed by atoms with Crippen LogP contribution in [0.4, 0.5) is 24.5 Å². The number of hydrogen-bond acceptors (Lipinski definition) is 2. The number of alkyl halides is 3. The molecule has 18 heavy (non-hydrogen) atoms. The second-order valence-electron chi connectivity index (χ2n) is 4.53. The molecule has 1 atom stereocenters. The lowest BCUT2D eigenvalue weighted by Crippen LogP contribution is -2.42. The van der Waals surface area contributed by atoms with Gasteiger partial charge in [-0.15, -0.1) is 0 Å². The normalized spacial score (nSPS) is 21.1. The number of benzene rings is 1. The Morgan fingerprint density at radius 1 is 1.33 bits per heavy atom. The summed E-state index contributed by atoms with van der Waals surface area (Å²) in [7, 11) is 0. The van der Waals surface area contributed by atoms with Crippen LogP contribution >= 0.6 is 11.6 Å². The number of halogens is 4. The summed E-state index contributed by atoms with van der Waals surface area (Å²) in [5.74, 6) is -1.29. The van der Waals surface area contributed by atoms with Gasteiger partial charge in [-0.1, -0.05) is 11.6 Å². The molecule has 0 saturated carbocycles. The molecule has 1 fully saturated rings. The standard InChI is InChI=1S/C12H14ClF3N2/c13-9-3-4-10(17)11(6-9)18-5-1-2-8(7-18)12(14,15)16/h3-4,6,8H,1-2,5,7,17H2. The minimum Gasteiger partial charge on any atom is -0.397 e. The molecule has 1 aromatic rings. The van der Waals surface area contributed by atoms with Crippen molar-refractivity contribution in [3.05, 3.63) is 23.2 Å². The lowest BCUT2D eigenvalue weighted by atomic mass is 9.97. The van der Waals surface area contributed by atoms with Crippen molar-refractivity contribution >= 4 is 23.0 Å². The van der Waals surface area contributed by atoms with Crippen LogP contribution in [0.15, 0.2) is 18.2 Å². The van der Waals surface area contributed by atoms with E-state index in [0.717, 1.165) is 0 Å². The molecule has 2 rings (SSSR count).